The molecule has 1 aromatic rings. The van der Waals surface area contributed by atoms with Crippen LogP contribution in [0.5, 0.6) is 0 Å². The Bertz CT molecular complexity index is 277. The highest BCUT2D eigenvalue weighted by atomic mass is 16.6. The maximum Gasteiger partial charge on any atom is 0.488 e. The molecule has 1 radical (unpaired) electrons. The van der Waals surface area contributed by atoms with Crippen molar-refractivity contribution < 1.29 is 9.31 Å². The second kappa shape index (κ2) is 7.47. The standard InChI is InChI=1S/C13H20BO2/c1-4-10-15-14-16-12(3)11(2)13-8-6-5-7-9-13/h5-9,11-12H,4,10H2,1-3H3. The largest absolute Gasteiger partial charge is 0.488 e. The summed E-state index contributed by atoms with van der Waals surface area (Å²) in [6, 6.07) is 10.4. The first kappa shape index (κ1) is 13.3. The Morgan fingerprint density at radius 2 is 1.88 bits per heavy atom. The quantitative estimate of drug-likeness (QED) is 0.518. The zero-order valence-corrected chi connectivity index (χ0v) is 10.3. The fraction of sp³-hybridized carbons (Fsp3) is 0.538. The summed E-state index contributed by atoms with van der Waals surface area (Å²) < 4.78 is 10.7. The number of benzene rings is 1. The lowest BCUT2D eigenvalue weighted by Gasteiger charge is -2.20. The summed E-state index contributed by atoms with van der Waals surface area (Å²) in [5.41, 5.74) is 1.29. The van der Waals surface area contributed by atoms with Crippen molar-refractivity contribution in [2.45, 2.75) is 39.2 Å². The van der Waals surface area contributed by atoms with Crippen LogP contribution >= 0.6 is 0 Å². The maximum atomic E-state index is 5.51. The van der Waals surface area contributed by atoms with Gasteiger partial charge in [0, 0.05) is 18.6 Å². The Morgan fingerprint density at radius 3 is 2.50 bits per heavy atom. The molecule has 0 N–H and O–H groups in total. The smallest absolute Gasteiger partial charge is 0.413 e. The van der Waals surface area contributed by atoms with Gasteiger partial charge in [-0.15, -0.1) is 0 Å². The van der Waals surface area contributed by atoms with E-state index in [0.29, 0.717) is 12.5 Å². The third-order valence-electron chi connectivity index (χ3n) is 2.69. The van der Waals surface area contributed by atoms with E-state index in [1.54, 1.807) is 0 Å². The number of hydrogen-bond acceptors (Lipinski definition) is 2. The molecule has 0 aromatic heterocycles. The van der Waals surface area contributed by atoms with Crippen molar-refractivity contribution in [3.05, 3.63) is 35.9 Å². The lowest BCUT2D eigenvalue weighted by molar-refractivity contribution is 0.150. The lowest BCUT2D eigenvalue weighted by Crippen LogP contribution is -2.20. The monoisotopic (exact) mass is 219 g/mol. The summed E-state index contributed by atoms with van der Waals surface area (Å²) in [4.78, 5) is 0. The van der Waals surface area contributed by atoms with Crippen LogP contribution in [0.2, 0.25) is 0 Å². The van der Waals surface area contributed by atoms with Gasteiger partial charge in [0.2, 0.25) is 0 Å². The molecule has 0 heterocycles. The van der Waals surface area contributed by atoms with Gasteiger partial charge in [-0.05, 0) is 18.9 Å². The van der Waals surface area contributed by atoms with Crippen molar-refractivity contribution in [3.8, 4) is 0 Å². The first-order chi connectivity index (χ1) is 7.75. The van der Waals surface area contributed by atoms with E-state index in [1.165, 1.54) is 13.2 Å². The Balaban J connectivity index is 2.33. The van der Waals surface area contributed by atoms with Crippen LogP contribution in [0.25, 0.3) is 0 Å². The lowest BCUT2D eigenvalue weighted by atomic mass is 9.96. The molecule has 1 aromatic carbocycles. The zero-order chi connectivity index (χ0) is 11.8. The molecular weight excluding hydrogens is 199 g/mol. The van der Waals surface area contributed by atoms with Crippen LogP contribution in [-0.4, -0.2) is 20.4 Å². The van der Waals surface area contributed by atoms with Crippen LogP contribution in [0.1, 0.15) is 38.7 Å². The molecule has 0 fully saturated rings. The van der Waals surface area contributed by atoms with E-state index in [-0.39, 0.29) is 6.10 Å². The first-order valence-electron chi connectivity index (χ1n) is 5.89. The van der Waals surface area contributed by atoms with E-state index in [2.05, 4.69) is 45.0 Å². The van der Waals surface area contributed by atoms with Crippen LogP contribution < -0.4 is 0 Å². The molecule has 0 aliphatic carbocycles. The summed E-state index contributed by atoms with van der Waals surface area (Å²) in [5.74, 6) is 0.364. The minimum Gasteiger partial charge on any atom is -0.413 e. The molecule has 0 spiro atoms. The van der Waals surface area contributed by atoms with Gasteiger partial charge >= 0.3 is 7.69 Å². The average Bonchev–Trinajstić information content (AvgIpc) is 2.34. The minimum atomic E-state index is 0.124. The molecule has 2 unspecified atom stereocenters. The zero-order valence-electron chi connectivity index (χ0n) is 10.3. The van der Waals surface area contributed by atoms with E-state index in [9.17, 15) is 0 Å². The fourth-order valence-electron chi connectivity index (χ4n) is 1.44. The van der Waals surface area contributed by atoms with Crippen molar-refractivity contribution in [1.82, 2.24) is 0 Å². The van der Waals surface area contributed by atoms with Crippen molar-refractivity contribution in [3.63, 3.8) is 0 Å². The molecule has 16 heavy (non-hydrogen) atoms. The third kappa shape index (κ3) is 4.37. The molecule has 87 valence electrons. The normalized spacial score (nSPS) is 14.4. The molecule has 0 saturated heterocycles. The van der Waals surface area contributed by atoms with Gasteiger partial charge in [0.1, 0.15) is 0 Å². The highest BCUT2D eigenvalue weighted by molar-refractivity contribution is 6.18. The van der Waals surface area contributed by atoms with E-state index in [1.807, 2.05) is 6.07 Å². The molecule has 0 bridgehead atoms. The molecule has 0 aliphatic heterocycles. The fourth-order valence-corrected chi connectivity index (χ4v) is 1.44. The number of rotatable bonds is 7. The van der Waals surface area contributed by atoms with Crippen molar-refractivity contribution in [2.24, 2.45) is 0 Å². The molecule has 1 rings (SSSR count). The van der Waals surface area contributed by atoms with E-state index in [4.69, 9.17) is 9.31 Å². The molecule has 2 nitrogen and oxygen atoms in total. The Hall–Kier alpha value is -0.795. The Labute approximate surface area is 99.3 Å². The SMILES string of the molecule is CCCO[B]OC(C)C(C)c1ccccc1. The summed E-state index contributed by atoms with van der Waals surface area (Å²) >= 11 is 0. The second-order valence-corrected chi connectivity index (χ2v) is 4.01. The molecule has 3 heteroatoms. The van der Waals surface area contributed by atoms with Gasteiger partial charge in [-0.1, -0.05) is 44.2 Å². The summed E-state index contributed by atoms with van der Waals surface area (Å²) in [6.07, 6.45) is 1.13. The summed E-state index contributed by atoms with van der Waals surface area (Å²) in [5, 5.41) is 0. The van der Waals surface area contributed by atoms with Gasteiger partial charge in [0.25, 0.3) is 0 Å². The van der Waals surface area contributed by atoms with Gasteiger partial charge < -0.3 is 9.31 Å². The van der Waals surface area contributed by atoms with Crippen LogP contribution in [0, 0.1) is 0 Å². The third-order valence-corrected chi connectivity index (χ3v) is 2.69. The Kier molecular flexibility index (Phi) is 6.20. The predicted octanol–water partition coefficient (Wildman–Crippen LogP) is 3.16. The van der Waals surface area contributed by atoms with E-state index >= 15 is 0 Å². The molecule has 0 aliphatic rings. The van der Waals surface area contributed by atoms with Crippen LogP contribution in [-0.2, 0) is 9.31 Å². The van der Waals surface area contributed by atoms with Gasteiger partial charge in [-0.2, -0.15) is 0 Å². The first-order valence-corrected chi connectivity index (χ1v) is 5.89. The molecule has 0 saturated carbocycles. The maximum absolute atomic E-state index is 5.51. The van der Waals surface area contributed by atoms with Crippen molar-refractivity contribution in [1.29, 1.82) is 0 Å². The summed E-state index contributed by atoms with van der Waals surface area (Å²) in [6.45, 7) is 7.01. The highest BCUT2D eigenvalue weighted by Gasteiger charge is 2.14. The van der Waals surface area contributed by atoms with Crippen LogP contribution in [0.3, 0.4) is 0 Å². The van der Waals surface area contributed by atoms with Crippen molar-refractivity contribution >= 4 is 7.69 Å². The van der Waals surface area contributed by atoms with Gasteiger partial charge in [0.15, 0.2) is 0 Å². The molecule has 2 atom stereocenters. The Morgan fingerprint density at radius 1 is 1.19 bits per heavy atom. The molecular formula is C13H20BO2. The van der Waals surface area contributed by atoms with Crippen LogP contribution in [0.15, 0.2) is 30.3 Å². The van der Waals surface area contributed by atoms with Gasteiger partial charge in [-0.25, -0.2) is 0 Å². The van der Waals surface area contributed by atoms with E-state index in [0.717, 1.165) is 6.42 Å². The average molecular weight is 219 g/mol. The van der Waals surface area contributed by atoms with Crippen molar-refractivity contribution in [2.75, 3.05) is 6.61 Å². The highest BCUT2D eigenvalue weighted by Crippen LogP contribution is 2.20. The summed E-state index contributed by atoms with van der Waals surface area (Å²) in [7, 11) is 1.47. The predicted molar refractivity (Wildman–Crippen MR) is 67.4 cm³/mol. The van der Waals surface area contributed by atoms with Crippen LogP contribution in [0.4, 0.5) is 0 Å². The van der Waals surface area contributed by atoms with E-state index < -0.39 is 0 Å². The molecule has 0 amide bonds. The minimum absolute atomic E-state index is 0.124. The van der Waals surface area contributed by atoms with Gasteiger partial charge in [0.05, 0.1) is 0 Å². The topological polar surface area (TPSA) is 18.5 Å². The number of hydrogen-bond donors (Lipinski definition) is 0. The van der Waals surface area contributed by atoms with Gasteiger partial charge in [-0.3, -0.25) is 0 Å². The second-order valence-electron chi connectivity index (χ2n) is 4.01.